The molecule has 0 radical (unpaired) electrons. The van der Waals surface area contributed by atoms with Gasteiger partial charge < -0.3 is 5.21 Å². The van der Waals surface area contributed by atoms with Gasteiger partial charge in [-0.3, -0.25) is 0 Å². The van der Waals surface area contributed by atoms with Gasteiger partial charge in [0.2, 0.25) is 0 Å². The van der Waals surface area contributed by atoms with Crippen molar-refractivity contribution < 1.29 is 4.74 Å². The molecule has 17 heavy (non-hydrogen) atoms. The van der Waals surface area contributed by atoms with Gasteiger partial charge in [0.25, 0.3) is 0 Å². The van der Waals surface area contributed by atoms with E-state index >= 15 is 0 Å². The lowest BCUT2D eigenvalue weighted by Gasteiger charge is -2.18. The number of hydrogen-bond donors (Lipinski definition) is 0. The summed E-state index contributed by atoms with van der Waals surface area (Å²) >= 11 is 0. The first-order chi connectivity index (χ1) is 7.97. The van der Waals surface area contributed by atoms with Gasteiger partial charge in [-0.15, -0.1) is 0 Å². The Morgan fingerprint density at radius 2 is 1.65 bits per heavy atom. The van der Waals surface area contributed by atoms with Crippen molar-refractivity contribution in [1.29, 1.82) is 0 Å². The fourth-order valence-corrected chi connectivity index (χ4v) is 1.62. The maximum absolute atomic E-state index is 11.8. The number of nitrogens with zero attached hydrogens (tertiary/aromatic N) is 1. The zero-order valence-electron chi connectivity index (χ0n) is 10.5. The molecule has 0 spiro atoms. The number of hydrogen-bond acceptors (Lipinski definition) is 1. The maximum Gasteiger partial charge on any atom is 0.182 e. The fourth-order valence-electron chi connectivity index (χ4n) is 1.62. The topological polar surface area (TPSA) is 26.1 Å². The summed E-state index contributed by atoms with van der Waals surface area (Å²) in [6.07, 6.45) is 1.65. The highest BCUT2D eigenvalue weighted by Crippen LogP contribution is 2.15. The second kappa shape index (κ2) is 4.21. The lowest BCUT2D eigenvalue weighted by molar-refractivity contribution is -0.530. The smallest absolute Gasteiger partial charge is 0.182 e. The van der Waals surface area contributed by atoms with E-state index in [1.54, 1.807) is 6.21 Å². The van der Waals surface area contributed by atoms with Gasteiger partial charge in [-0.1, -0.05) is 30.3 Å². The van der Waals surface area contributed by atoms with E-state index in [0.717, 1.165) is 15.7 Å². The highest BCUT2D eigenvalue weighted by Gasteiger charge is 2.17. The van der Waals surface area contributed by atoms with Crippen LogP contribution in [0.4, 0.5) is 0 Å². The Morgan fingerprint density at radius 3 is 2.29 bits per heavy atom. The molecule has 2 aromatic rings. The minimum absolute atomic E-state index is 0.397. The van der Waals surface area contributed by atoms with Crippen LogP contribution in [0, 0.1) is 5.21 Å². The lowest BCUT2D eigenvalue weighted by atomic mass is 10.1. The molecule has 0 saturated carbocycles. The van der Waals surface area contributed by atoms with Crippen LogP contribution in [0.5, 0.6) is 0 Å². The monoisotopic (exact) mass is 227 g/mol. The van der Waals surface area contributed by atoms with Gasteiger partial charge in [-0.25, -0.2) is 4.74 Å². The molecule has 0 bridgehead atoms. The van der Waals surface area contributed by atoms with Crippen molar-refractivity contribution in [2.45, 2.75) is 26.3 Å². The van der Waals surface area contributed by atoms with E-state index in [1.165, 1.54) is 5.39 Å². The molecule has 0 amide bonds. The first kappa shape index (κ1) is 11.6. The summed E-state index contributed by atoms with van der Waals surface area (Å²) in [5, 5.41) is 14.2. The predicted molar refractivity (Wildman–Crippen MR) is 72.5 cm³/mol. The Balaban J connectivity index is 2.44. The summed E-state index contributed by atoms with van der Waals surface area (Å²) in [5.74, 6) is 0. The van der Waals surface area contributed by atoms with Crippen LogP contribution >= 0.6 is 0 Å². The van der Waals surface area contributed by atoms with Crippen molar-refractivity contribution in [3.05, 3.63) is 53.2 Å². The van der Waals surface area contributed by atoms with E-state index in [4.69, 9.17) is 0 Å². The zero-order valence-corrected chi connectivity index (χ0v) is 10.5. The van der Waals surface area contributed by atoms with Gasteiger partial charge in [0.05, 0.1) is 0 Å². The quantitative estimate of drug-likeness (QED) is 0.316. The largest absolute Gasteiger partial charge is 0.623 e. The van der Waals surface area contributed by atoms with Gasteiger partial charge in [0.1, 0.15) is 0 Å². The third kappa shape index (κ3) is 2.64. The number of fused-ring (bicyclic) bond motifs is 1. The normalized spacial score (nSPS) is 13.0. The highest BCUT2D eigenvalue weighted by molar-refractivity contribution is 5.89. The third-order valence-corrected chi connectivity index (χ3v) is 2.70. The van der Waals surface area contributed by atoms with E-state index in [9.17, 15) is 5.21 Å². The van der Waals surface area contributed by atoms with Gasteiger partial charge in [-0.2, -0.15) is 0 Å². The van der Waals surface area contributed by atoms with Gasteiger partial charge in [-0.05, 0) is 22.9 Å². The summed E-state index contributed by atoms with van der Waals surface area (Å²) in [7, 11) is 0. The van der Waals surface area contributed by atoms with Crippen LogP contribution in [0.15, 0.2) is 42.5 Å². The molecule has 0 N–H and O–H groups in total. The second-order valence-corrected chi connectivity index (χ2v) is 5.23. The summed E-state index contributed by atoms with van der Waals surface area (Å²) in [6.45, 7) is 5.70. The Kier molecular flexibility index (Phi) is 2.88. The highest BCUT2D eigenvalue weighted by atomic mass is 16.5. The molecule has 0 heterocycles. The molecule has 0 aromatic heterocycles. The standard InChI is InChI=1S/C15H17NO/c1-15(2,3)16(17)11-12-8-9-13-6-4-5-7-14(13)10-12/h4-11H,1-3H3. The van der Waals surface area contributed by atoms with Crippen LogP contribution in [-0.2, 0) is 0 Å². The Morgan fingerprint density at radius 1 is 1.00 bits per heavy atom. The SMILES string of the molecule is CC(C)(C)[N+]([O-])=Cc1ccc2ccccc2c1. The minimum Gasteiger partial charge on any atom is -0.623 e. The summed E-state index contributed by atoms with van der Waals surface area (Å²) < 4.78 is 0.997. The van der Waals surface area contributed by atoms with Crippen LogP contribution in [0.2, 0.25) is 0 Å². The molecule has 0 aliphatic heterocycles. The van der Waals surface area contributed by atoms with Crippen LogP contribution in [0.25, 0.3) is 10.8 Å². The molecule has 0 atom stereocenters. The van der Waals surface area contributed by atoms with Crippen molar-refractivity contribution in [3.63, 3.8) is 0 Å². The summed E-state index contributed by atoms with van der Waals surface area (Å²) in [5.41, 5.74) is 0.541. The summed E-state index contributed by atoms with van der Waals surface area (Å²) in [4.78, 5) is 0. The molecular weight excluding hydrogens is 210 g/mol. The Bertz CT molecular complexity index is 564. The van der Waals surface area contributed by atoms with Crippen LogP contribution < -0.4 is 0 Å². The van der Waals surface area contributed by atoms with Gasteiger partial charge >= 0.3 is 0 Å². The van der Waals surface area contributed by atoms with E-state index in [2.05, 4.69) is 12.1 Å². The molecule has 2 aromatic carbocycles. The number of hydroxylamine groups is 1. The van der Waals surface area contributed by atoms with Crippen LogP contribution in [0.1, 0.15) is 26.3 Å². The summed E-state index contributed by atoms with van der Waals surface area (Å²) in [6, 6.07) is 14.2. The van der Waals surface area contributed by atoms with Crippen molar-refractivity contribution in [2.75, 3.05) is 0 Å². The van der Waals surface area contributed by atoms with Gasteiger partial charge in [0, 0.05) is 26.3 Å². The zero-order chi connectivity index (χ0) is 12.5. The first-order valence-corrected chi connectivity index (χ1v) is 5.77. The van der Waals surface area contributed by atoms with Crippen LogP contribution in [-0.4, -0.2) is 16.5 Å². The van der Waals surface area contributed by atoms with E-state index in [-0.39, 0.29) is 0 Å². The molecule has 2 rings (SSSR count). The fraction of sp³-hybridized carbons (Fsp3) is 0.267. The molecule has 0 unspecified atom stereocenters. The van der Waals surface area contributed by atoms with Crippen molar-refractivity contribution in [2.24, 2.45) is 0 Å². The number of rotatable bonds is 1. The molecule has 2 heteroatoms. The first-order valence-electron chi connectivity index (χ1n) is 5.77. The van der Waals surface area contributed by atoms with Crippen LogP contribution in [0.3, 0.4) is 0 Å². The maximum atomic E-state index is 11.8. The van der Waals surface area contributed by atoms with Gasteiger partial charge in [0.15, 0.2) is 11.8 Å². The Hall–Kier alpha value is -1.83. The third-order valence-electron chi connectivity index (χ3n) is 2.70. The molecule has 0 aliphatic carbocycles. The van der Waals surface area contributed by atoms with E-state index < -0.39 is 5.54 Å². The molecule has 2 nitrogen and oxygen atoms in total. The lowest BCUT2D eigenvalue weighted by Crippen LogP contribution is -2.29. The Labute approximate surface area is 102 Å². The second-order valence-electron chi connectivity index (χ2n) is 5.23. The molecular formula is C15H17NO. The predicted octanol–water partition coefficient (Wildman–Crippen LogP) is 3.57. The van der Waals surface area contributed by atoms with Crippen molar-refractivity contribution in [1.82, 2.24) is 0 Å². The molecule has 0 aliphatic rings. The number of benzene rings is 2. The van der Waals surface area contributed by atoms with E-state index in [0.29, 0.717) is 0 Å². The minimum atomic E-state index is -0.397. The molecule has 0 fully saturated rings. The van der Waals surface area contributed by atoms with E-state index in [1.807, 2.05) is 51.1 Å². The van der Waals surface area contributed by atoms with Crippen molar-refractivity contribution in [3.8, 4) is 0 Å². The average Bonchev–Trinajstić information content (AvgIpc) is 2.27. The molecule has 0 saturated heterocycles. The average molecular weight is 227 g/mol. The molecule has 88 valence electrons. The van der Waals surface area contributed by atoms with Crippen molar-refractivity contribution >= 4 is 17.0 Å².